The molecule has 1 aliphatic heterocycles. The number of carbonyl (C=O) groups excluding carboxylic acids is 1. The summed E-state index contributed by atoms with van der Waals surface area (Å²) in [7, 11) is 0. The van der Waals surface area contributed by atoms with Gasteiger partial charge in [-0.3, -0.25) is 4.79 Å². The zero-order valence-corrected chi connectivity index (χ0v) is 10.2. The first kappa shape index (κ1) is 11.7. The van der Waals surface area contributed by atoms with Gasteiger partial charge in [-0.25, -0.2) is 0 Å². The van der Waals surface area contributed by atoms with Crippen LogP contribution in [0.15, 0.2) is 30.3 Å². The molecular formula is C10H11NNaO2. The zero-order valence-electron chi connectivity index (χ0n) is 8.19. The molecule has 0 aromatic heterocycles. The second kappa shape index (κ2) is 5.51. The minimum Gasteiger partial charge on any atom is -0.426 e. The molecule has 3 nitrogen and oxygen atoms in total. The molecule has 1 aromatic rings. The van der Waals surface area contributed by atoms with Gasteiger partial charge in [-0.2, -0.15) is 0 Å². The topological polar surface area (TPSA) is 38.3 Å². The normalized spacial score (nSPS) is 15.1. The number of ether oxygens (including phenoxy) is 1. The number of esters is 1. The maximum atomic E-state index is 11.3. The summed E-state index contributed by atoms with van der Waals surface area (Å²) >= 11 is 0. The van der Waals surface area contributed by atoms with E-state index in [1.807, 2.05) is 18.2 Å². The van der Waals surface area contributed by atoms with Crippen LogP contribution < -0.4 is 10.1 Å². The number of carbonyl (C=O) groups is 1. The molecule has 4 heteroatoms. The maximum Gasteiger partial charge on any atom is 0.316 e. The van der Waals surface area contributed by atoms with Crippen LogP contribution in [0.5, 0.6) is 5.75 Å². The third kappa shape index (κ3) is 2.82. The Bertz CT molecular complexity index is 298. The van der Waals surface area contributed by atoms with Gasteiger partial charge in [0.05, 0.1) is 5.92 Å². The molecule has 1 heterocycles. The van der Waals surface area contributed by atoms with Gasteiger partial charge in [-0.15, -0.1) is 0 Å². The fourth-order valence-corrected chi connectivity index (χ4v) is 1.14. The number of hydrogen-bond donors (Lipinski definition) is 1. The fourth-order valence-electron chi connectivity index (χ4n) is 1.14. The van der Waals surface area contributed by atoms with Crippen LogP contribution >= 0.6 is 0 Å². The second-order valence-corrected chi connectivity index (χ2v) is 3.09. The Labute approximate surface area is 105 Å². The van der Waals surface area contributed by atoms with E-state index in [1.54, 1.807) is 12.1 Å². The van der Waals surface area contributed by atoms with Crippen molar-refractivity contribution in [2.75, 3.05) is 13.1 Å². The summed E-state index contributed by atoms with van der Waals surface area (Å²) < 4.78 is 5.14. The molecule has 1 aromatic carbocycles. The van der Waals surface area contributed by atoms with Gasteiger partial charge in [-0.05, 0) is 12.1 Å². The third-order valence-corrected chi connectivity index (χ3v) is 2.08. The predicted molar refractivity (Wildman–Crippen MR) is 54.2 cm³/mol. The second-order valence-electron chi connectivity index (χ2n) is 3.09. The van der Waals surface area contributed by atoms with Crippen molar-refractivity contribution in [1.29, 1.82) is 0 Å². The smallest absolute Gasteiger partial charge is 0.316 e. The van der Waals surface area contributed by atoms with Crippen molar-refractivity contribution in [3.05, 3.63) is 30.3 Å². The van der Waals surface area contributed by atoms with Gasteiger partial charge < -0.3 is 10.1 Å². The van der Waals surface area contributed by atoms with E-state index < -0.39 is 0 Å². The summed E-state index contributed by atoms with van der Waals surface area (Å²) in [6.45, 7) is 1.48. The van der Waals surface area contributed by atoms with Gasteiger partial charge in [0.25, 0.3) is 0 Å². The predicted octanol–water partition coefficient (Wildman–Crippen LogP) is 0.431. The largest absolute Gasteiger partial charge is 0.426 e. The third-order valence-electron chi connectivity index (χ3n) is 2.08. The van der Waals surface area contributed by atoms with Crippen LogP contribution in [-0.4, -0.2) is 48.6 Å². The van der Waals surface area contributed by atoms with Gasteiger partial charge in [-0.1, -0.05) is 18.2 Å². The van der Waals surface area contributed by atoms with Crippen molar-refractivity contribution in [3.63, 3.8) is 0 Å². The number of rotatable bonds is 2. The standard InChI is InChI=1S/C10H11NO2.Na/c12-10(8-6-11-7-8)13-9-4-2-1-3-5-9;/h1-5,8,11H,6-7H2;. The van der Waals surface area contributed by atoms with Gasteiger partial charge in [0.15, 0.2) is 0 Å². The van der Waals surface area contributed by atoms with E-state index in [9.17, 15) is 4.79 Å². The molecule has 69 valence electrons. The van der Waals surface area contributed by atoms with Crippen LogP contribution in [0.3, 0.4) is 0 Å². The Kier molecular flexibility index (Phi) is 4.62. The van der Waals surface area contributed by atoms with E-state index in [4.69, 9.17) is 4.74 Å². The Morgan fingerprint density at radius 1 is 1.29 bits per heavy atom. The van der Waals surface area contributed by atoms with Gasteiger partial charge in [0.2, 0.25) is 0 Å². The van der Waals surface area contributed by atoms with E-state index in [1.165, 1.54) is 0 Å². The number of nitrogens with one attached hydrogen (secondary N) is 1. The molecule has 1 fully saturated rings. The van der Waals surface area contributed by atoms with Gasteiger partial charge in [0, 0.05) is 42.6 Å². The molecule has 0 amide bonds. The van der Waals surface area contributed by atoms with Gasteiger partial charge in [0.1, 0.15) is 5.75 Å². The zero-order chi connectivity index (χ0) is 9.10. The SMILES string of the molecule is O=C(Oc1ccccc1)C1CNC1.[Na]. The molecule has 0 bridgehead atoms. The molecule has 0 spiro atoms. The first-order valence-electron chi connectivity index (χ1n) is 4.34. The average Bonchev–Trinajstić information content (AvgIpc) is 2.02. The fraction of sp³-hybridized carbons (Fsp3) is 0.300. The molecule has 0 aliphatic carbocycles. The Balaban J connectivity index is 0.000000980. The van der Waals surface area contributed by atoms with Crippen molar-refractivity contribution >= 4 is 35.5 Å². The van der Waals surface area contributed by atoms with E-state index in [-0.39, 0.29) is 41.4 Å². The quantitative estimate of drug-likeness (QED) is 0.427. The van der Waals surface area contributed by atoms with Crippen LogP contribution in [0.1, 0.15) is 0 Å². The summed E-state index contributed by atoms with van der Waals surface area (Å²) in [6, 6.07) is 9.15. The first-order chi connectivity index (χ1) is 6.36. The minimum absolute atomic E-state index is 0. The van der Waals surface area contributed by atoms with Crippen LogP contribution in [0.2, 0.25) is 0 Å². The van der Waals surface area contributed by atoms with Crippen LogP contribution in [-0.2, 0) is 4.79 Å². The number of benzene rings is 1. The number of hydrogen-bond acceptors (Lipinski definition) is 3. The molecule has 1 N–H and O–H groups in total. The molecule has 1 aliphatic rings. The Morgan fingerprint density at radius 3 is 2.43 bits per heavy atom. The Morgan fingerprint density at radius 2 is 1.93 bits per heavy atom. The molecule has 2 rings (SSSR count). The van der Waals surface area contributed by atoms with Crippen molar-refractivity contribution in [2.24, 2.45) is 5.92 Å². The van der Waals surface area contributed by atoms with Crippen LogP contribution in [0, 0.1) is 5.92 Å². The molecule has 0 atom stereocenters. The summed E-state index contributed by atoms with van der Waals surface area (Å²) in [5.41, 5.74) is 0. The van der Waals surface area contributed by atoms with E-state index in [2.05, 4.69) is 5.32 Å². The van der Waals surface area contributed by atoms with Crippen molar-refractivity contribution < 1.29 is 9.53 Å². The molecule has 0 saturated carbocycles. The molecule has 0 unspecified atom stereocenters. The summed E-state index contributed by atoms with van der Waals surface area (Å²) in [5.74, 6) is 0.532. The monoisotopic (exact) mass is 200 g/mol. The molecular weight excluding hydrogens is 189 g/mol. The van der Waals surface area contributed by atoms with Crippen molar-refractivity contribution in [2.45, 2.75) is 0 Å². The van der Waals surface area contributed by atoms with Crippen molar-refractivity contribution in [3.8, 4) is 5.75 Å². The minimum atomic E-state index is -0.134. The van der Waals surface area contributed by atoms with E-state index in [0.29, 0.717) is 5.75 Å². The van der Waals surface area contributed by atoms with Crippen LogP contribution in [0.4, 0.5) is 0 Å². The maximum absolute atomic E-state index is 11.3. The summed E-state index contributed by atoms with van der Waals surface area (Å²) in [6.07, 6.45) is 0. The summed E-state index contributed by atoms with van der Waals surface area (Å²) in [5, 5.41) is 3.03. The Hall–Kier alpha value is -0.350. The first-order valence-corrected chi connectivity index (χ1v) is 4.34. The van der Waals surface area contributed by atoms with Gasteiger partial charge >= 0.3 is 5.97 Å². The molecule has 1 radical (unpaired) electrons. The average molecular weight is 200 g/mol. The summed E-state index contributed by atoms with van der Waals surface area (Å²) in [4.78, 5) is 11.3. The van der Waals surface area contributed by atoms with E-state index >= 15 is 0 Å². The van der Waals surface area contributed by atoms with Crippen LogP contribution in [0.25, 0.3) is 0 Å². The number of para-hydroxylation sites is 1. The van der Waals surface area contributed by atoms with Crippen molar-refractivity contribution in [1.82, 2.24) is 5.32 Å². The molecule has 14 heavy (non-hydrogen) atoms. The molecule has 1 saturated heterocycles. The van der Waals surface area contributed by atoms with E-state index in [0.717, 1.165) is 13.1 Å².